The number of hydrogen-bond acceptors (Lipinski definition) is 9. The summed E-state index contributed by atoms with van der Waals surface area (Å²) in [7, 11) is -3.60. The summed E-state index contributed by atoms with van der Waals surface area (Å²) in [5, 5.41) is 2.46. The van der Waals surface area contributed by atoms with Gasteiger partial charge in [-0.25, -0.2) is 15.0 Å². The minimum atomic E-state index is -4.61. The molecule has 15 heteroatoms. The van der Waals surface area contributed by atoms with Crippen LogP contribution in [0.15, 0.2) is 12.5 Å². The monoisotopic (exact) mass is 586 g/mol. The number of aromatic nitrogens is 4. The molecule has 40 heavy (non-hydrogen) atoms. The SMILES string of the molecule is CC1(c2cn(CCOS(C)(=O)=O)c(C3CCN(c4ncnc5c4C(C(F)(F)F)CC(=O)N5)CC3)n2)CCOCC1. The van der Waals surface area contributed by atoms with Crippen molar-refractivity contribution in [3.8, 4) is 0 Å². The fourth-order valence-corrected chi connectivity index (χ4v) is 6.13. The predicted molar refractivity (Wildman–Crippen MR) is 139 cm³/mol. The third-order valence-electron chi connectivity index (χ3n) is 8.07. The predicted octanol–water partition coefficient (Wildman–Crippen LogP) is 3.09. The van der Waals surface area contributed by atoms with Gasteiger partial charge in [-0.2, -0.15) is 21.6 Å². The first-order valence-electron chi connectivity index (χ1n) is 13.3. The van der Waals surface area contributed by atoms with Gasteiger partial charge < -0.3 is 19.5 Å². The zero-order chi connectivity index (χ0) is 28.7. The highest BCUT2D eigenvalue weighted by molar-refractivity contribution is 7.85. The molecule has 0 aliphatic carbocycles. The van der Waals surface area contributed by atoms with E-state index in [1.165, 1.54) is 6.33 Å². The molecule has 0 saturated carbocycles. The van der Waals surface area contributed by atoms with Gasteiger partial charge in [-0.05, 0) is 25.7 Å². The molecule has 5 heterocycles. The largest absolute Gasteiger partial charge is 0.396 e. The van der Waals surface area contributed by atoms with Crippen LogP contribution in [0, 0.1) is 0 Å². The van der Waals surface area contributed by atoms with E-state index in [-0.39, 0.29) is 35.1 Å². The molecule has 2 saturated heterocycles. The van der Waals surface area contributed by atoms with Crippen molar-refractivity contribution in [3.05, 3.63) is 29.6 Å². The Morgan fingerprint density at radius 3 is 2.55 bits per heavy atom. The van der Waals surface area contributed by atoms with Crippen molar-refractivity contribution in [2.24, 2.45) is 0 Å². The van der Waals surface area contributed by atoms with Crippen molar-refractivity contribution >= 4 is 27.7 Å². The van der Waals surface area contributed by atoms with Crippen molar-refractivity contribution in [2.45, 2.75) is 69.0 Å². The Morgan fingerprint density at radius 1 is 1.20 bits per heavy atom. The first-order valence-corrected chi connectivity index (χ1v) is 15.1. The average molecular weight is 587 g/mol. The summed E-state index contributed by atoms with van der Waals surface area (Å²) in [5.74, 6) is -1.79. The van der Waals surface area contributed by atoms with Gasteiger partial charge in [0.05, 0.1) is 30.0 Å². The second kappa shape index (κ2) is 10.9. The van der Waals surface area contributed by atoms with Gasteiger partial charge in [0, 0.05) is 56.8 Å². The van der Waals surface area contributed by atoms with Gasteiger partial charge in [-0.1, -0.05) is 6.92 Å². The van der Waals surface area contributed by atoms with Crippen LogP contribution in [0.5, 0.6) is 0 Å². The van der Waals surface area contributed by atoms with Crippen molar-refractivity contribution in [1.82, 2.24) is 19.5 Å². The minimum Gasteiger partial charge on any atom is -0.381 e. The average Bonchev–Trinajstić information content (AvgIpc) is 3.32. The topological polar surface area (TPSA) is 129 Å². The fourth-order valence-electron chi connectivity index (χ4n) is 5.75. The van der Waals surface area contributed by atoms with Crippen molar-refractivity contribution < 1.29 is 35.3 Å². The van der Waals surface area contributed by atoms with Crippen LogP contribution in [0.3, 0.4) is 0 Å². The molecule has 3 aliphatic heterocycles. The van der Waals surface area contributed by atoms with Gasteiger partial charge in [0.15, 0.2) is 0 Å². The van der Waals surface area contributed by atoms with Crippen LogP contribution in [-0.2, 0) is 35.8 Å². The Bertz CT molecular complexity index is 1350. The van der Waals surface area contributed by atoms with Crippen LogP contribution >= 0.6 is 0 Å². The number of nitrogens with zero attached hydrogens (tertiary/aromatic N) is 5. The number of anilines is 2. The van der Waals surface area contributed by atoms with E-state index in [2.05, 4.69) is 22.2 Å². The van der Waals surface area contributed by atoms with Gasteiger partial charge in [-0.3, -0.25) is 8.98 Å². The lowest BCUT2D eigenvalue weighted by molar-refractivity contribution is -0.156. The van der Waals surface area contributed by atoms with Gasteiger partial charge in [0.2, 0.25) is 5.91 Å². The molecule has 220 valence electrons. The lowest BCUT2D eigenvalue weighted by atomic mass is 9.80. The van der Waals surface area contributed by atoms with Crippen molar-refractivity contribution in [3.63, 3.8) is 0 Å². The van der Waals surface area contributed by atoms with Crippen LogP contribution in [0.25, 0.3) is 0 Å². The van der Waals surface area contributed by atoms with E-state index < -0.39 is 34.5 Å². The molecular weight excluding hydrogens is 553 g/mol. The number of hydrogen-bond donors (Lipinski definition) is 1. The molecule has 1 N–H and O–H groups in total. The minimum absolute atomic E-state index is 0.00227. The highest BCUT2D eigenvalue weighted by Crippen LogP contribution is 2.46. The lowest BCUT2D eigenvalue weighted by Gasteiger charge is -2.36. The van der Waals surface area contributed by atoms with E-state index in [0.29, 0.717) is 45.7 Å². The van der Waals surface area contributed by atoms with E-state index in [4.69, 9.17) is 13.9 Å². The summed E-state index contributed by atoms with van der Waals surface area (Å²) >= 11 is 0. The Kier molecular flexibility index (Phi) is 7.83. The van der Waals surface area contributed by atoms with E-state index in [1.54, 1.807) is 0 Å². The van der Waals surface area contributed by atoms with Crippen LogP contribution in [0.4, 0.5) is 24.8 Å². The standard InChI is InChI=1S/C25H33F3N6O5S/c1-24(5-10-38-11-6-24)18-14-34(9-12-39-40(2,36)37)22(31-18)16-3-7-33(8-4-16)23-20-17(25(26,27)28)13-19(35)32-21(20)29-15-30-23/h14-17H,3-13H2,1-2H3,(H,29,30,32,35). The number of alkyl halides is 3. The van der Waals surface area contributed by atoms with Crippen molar-refractivity contribution in [2.75, 3.05) is 49.4 Å². The highest BCUT2D eigenvalue weighted by atomic mass is 32.2. The Hall–Kier alpha value is -2.78. The molecule has 1 amide bonds. The summed E-state index contributed by atoms with van der Waals surface area (Å²) in [4.78, 5) is 26.9. The number of carbonyl (C=O) groups is 1. The number of halogens is 3. The van der Waals surface area contributed by atoms with Crippen molar-refractivity contribution in [1.29, 1.82) is 0 Å². The van der Waals surface area contributed by atoms with Gasteiger partial charge in [0.25, 0.3) is 10.1 Å². The second-order valence-corrected chi connectivity index (χ2v) is 12.6. The zero-order valence-corrected chi connectivity index (χ0v) is 23.2. The Morgan fingerprint density at radius 2 is 1.90 bits per heavy atom. The number of carbonyl (C=O) groups excluding carboxylic acids is 1. The molecule has 2 fully saturated rings. The number of piperidine rings is 1. The quantitative estimate of drug-likeness (QED) is 0.487. The van der Waals surface area contributed by atoms with Gasteiger partial charge in [-0.15, -0.1) is 0 Å². The molecule has 0 bridgehead atoms. The highest BCUT2D eigenvalue weighted by Gasteiger charge is 2.48. The number of imidazole rings is 1. The van der Waals surface area contributed by atoms with Gasteiger partial charge in [0.1, 0.15) is 23.8 Å². The first kappa shape index (κ1) is 28.7. The van der Waals surface area contributed by atoms with E-state index in [9.17, 15) is 26.4 Å². The smallest absolute Gasteiger partial charge is 0.381 e. The number of amides is 1. The molecule has 1 unspecified atom stereocenters. The van der Waals surface area contributed by atoms with E-state index in [1.807, 2.05) is 15.7 Å². The lowest BCUT2D eigenvalue weighted by Crippen LogP contribution is -2.38. The molecule has 3 aliphatic rings. The molecule has 1 atom stereocenters. The number of nitrogens with one attached hydrogen (secondary N) is 1. The Balaban J connectivity index is 1.38. The number of fused-ring (bicyclic) bond motifs is 1. The van der Waals surface area contributed by atoms with Gasteiger partial charge >= 0.3 is 6.18 Å². The molecule has 0 spiro atoms. The second-order valence-electron chi connectivity index (χ2n) is 10.9. The summed E-state index contributed by atoms with van der Waals surface area (Å²) in [5.41, 5.74) is 0.650. The molecule has 0 radical (unpaired) electrons. The summed E-state index contributed by atoms with van der Waals surface area (Å²) < 4.78 is 77.2. The summed E-state index contributed by atoms with van der Waals surface area (Å²) in [6.07, 6.45) is 1.68. The van der Waals surface area contributed by atoms with E-state index >= 15 is 0 Å². The van der Waals surface area contributed by atoms with Crippen LogP contribution in [0.1, 0.15) is 67.9 Å². The van der Waals surface area contributed by atoms with Crippen LogP contribution in [0.2, 0.25) is 0 Å². The van der Waals surface area contributed by atoms with Crippen LogP contribution in [-0.4, -0.2) is 79.2 Å². The molecule has 11 nitrogen and oxygen atoms in total. The summed E-state index contributed by atoms with van der Waals surface area (Å²) in [6.45, 7) is 4.55. The third kappa shape index (κ3) is 6.10. The molecule has 5 rings (SSSR count). The first-order chi connectivity index (χ1) is 18.8. The molecule has 2 aromatic heterocycles. The maximum atomic E-state index is 13.9. The summed E-state index contributed by atoms with van der Waals surface area (Å²) in [6, 6.07) is 0. The molecule has 2 aromatic rings. The van der Waals surface area contributed by atoms with Crippen LogP contribution < -0.4 is 10.2 Å². The normalized spacial score (nSPS) is 22.2. The maximum Gasteiger partial charge on any atom is 0.396 e. The fraction of sp³-hybridized carbons (Fsp3) is 0.680. The maximum absolute atomic E-state index is 13.9. The third-order valence-corrected chi connectivity index (χ3v) is 8.66. The number of rotatable bonds is 7. The molecular formula is C25H33F3N6O5S. The molecule has 0 aromatic carbocycles. The zero-order valence-electron chi connectivity index (χ0n) is 22.4. The number of ether oxygens (including phenoxy) is 1. The Labute approximate surface area is 230 Å². The van der Waals surface area contributed by atoms with E-state index in [0.717, 1.165) is 30.6 Å².